The summed E-state index contributed by atoms with van der Waals surface area (Å²) < 4.78 is 5.54. The van der Waals surface area contributed by atoms with Crippen molar-refractivity contribution in [3.05, 3.63) is 59.7 Å². The van der Waals surface area contributed by atoms with Crippen LogP contribution in [0.1, 0.15) is 30.9 Å². The van der Waals surface area contributed by atoms with Crippen LogP contribution in [-0.2, 0) is 14.3 Å². The SMILES string of the molecule is CN(C)CCN(CC(=O)O)C(=O)C(C)(C)CNC(=O)OCC1c2ccccc2-c2ccccc21. The smallest absolute Gasteiger partial charge is 0.407 e. The van der Waals surface area contributed by atoms with Crippen molar-refractivity contribution >= 4 is 18.0 Å². The number of alkyl carbamates (subject to hydrolysis) is 1. The fraction of sp³-hybridized carbons (Fsp3) is 0.423. The van der Waals surface area contributed by atoms with Crippen LogP contribution in [0.3, 0.4) is 0 Å². The standard InChI is InChI=1S/C26H33N3O5/c1-26(2,24(32)29(15-23(30)31)14-13-28(3)4)17-27-25(33)34-16-22-20-11-7-5-9-18(20)19-10-6-8-12-21(19)22/h5-12,22H,13-17H2,1-4H3,(H,27,33)(H,30,31). The first-order valence-corrected chi connectivity index (χ1v) is 11.3. The Bertz CT molecular complexity index is 1000. The van der Waals surface area contributed by atoms with Gasteiger partial charge >= 0.3 is 12.1 Å². The molecule has 0 saturated heterocycles. The van der Waals surface area contributed by atoms with Crippen LogP contribution >= 0.6 is 0 Å². The molecule has 0 saturated carbocycles. The summed E-state index contributed by atoms with van der Waals surface area (Å²) in [5.41, 5.74) is 3.55. The van der Waals surface area contributed by atoms with Crippen LogP contribution in [0.25, 0.3) is 11.1 Å². The molecule has 0 fully saturated rings. The Morgan fingerprint density at radius 1 is 0.971 bits per heavy atom. The summed E-state index contributed by atoms with van der Waals surface area (Å²) >= 11 is 0. The molecular weight excluding hydrogens is 434 g/mol. The van der Waals surface area contributed by atoms with Crippen LogP contribution < -0.4 is 5.32 Å². The lowest BCUT2D eigenvalue weighted by molar-refractivity contribution is -0.148. The van der Waals surface area contributed by atoms with Crippen molar-refractivity contribution in [3.63, 3.8) is 0 Å². The molecule has 0 aromatic heterocycles. The third-order valence-electron chi connectivity index (χ3n) is 6.03. The van der Waals surface area contributed by atoms with Gasteiger partial charge in [-0.3, -0.25) is 9.59 Å². The second kappa shape index (κ2) is 10.7. The molecule has 2 amide bonds. The number of fused-ring (bicyclic) bond motifs is 3. The van der Waals surface area contributed by atoms with Gasteiger partial charge in [-0.2, -0.15) is 0 Å². The number of benzene rings is 2. The molecule has 2 aromatic rings. The van der Waals surface area contributed by atoms with Gasteiger partial charge in [0.25, 0.3) is 0 Å². The summed E-state index contributed by atoms with van der Waals surface area (Å²) in [6.45, 7) is 4.01. The van der Waals surface area contributed by atoms with E-state index >= 15 is 0 Å². The van der Waals surface area contributed by atoms with Gasteiger partial charge in [-0.05, 0) is 50.2 Å². The molecule has 3 rings (SSSR count). The average Bonchev–Trinajstić information content (AvgIpc) is 3.12. The van der Waals surface area contributed by atoms with Crippen molar-refractivity contribution < 1.29 is 24.2 Å². The number of hydrogen-bond acceptors (Lipinski definition) is 5. The fourth-order valence-corrected chi connectivity index (χ4v) is 4.18. The molecule has 1 aliphatic carbocycles. The van der Waals surface area contributed by atoms with Crippen LogP contribution in [0.2, 0.25) is 0 Å². The lowest BCUT2D eigenvalue weighted by Crippen LogP contribution is -2.50. The highest BCUT2D eigenvalue weighted by atomic mass is 16.5. The third kappa shape index (κ3) is 5.94. The molecule has 34 heavy (non-hydrogen) atoms. The number of amides is 2. The Morgan fingerprint density at radius 2 is 1.53 bits per heavy atom. The van der Waals surface area contributed by atoms with Crippen LogP contribution in [0.5, 0.6) is 0 Å². The molecule has 0 atom stereocenters. The highest BCUT2D eigenvalue weighted by molar-refractivity contribution is 5.86. The van der Waals surface area contributed by atoms with E-state index in [0.717, 1.165) is 22.3 Å². The second-order valence-electron chi connectivity index (χ2n) is 9.49. The molecule has 1 aliphatic rings. The summed E-state index contributed by atoms with van der Waals surface area (Å²) in [5.74, 6) is -1.46. The van der Waals surface area contributed by atoms with Crippen LogP contribution in [-0.4, -0.2) is 79.8 Å². The monoisotopic (exact) mass is 467 g/mol. The quantitative estimate of drug-likeness (QED) is 0.557. The molecule has 0 bridgehead atoms. The Labute approximate surface area is 200 Å². The number of rotatable bonds is 10. The van der Waals surface area contributed by atoms with E-state index in [9.17, 15) is 19.5 Å². The number of ether oxygens (including phenoxy) is 1. The average molecular weight is 468 g/mol. The van der Waals surface area contributed by atoms with E-state index in [0.29, 0.717) is 6.54 Å². The molecule has 0 radical (unpaired) electrons. The number of carbonyl (C=O) groups excluding carboxylic acids is 2. The van der Waals surface area contributed by atoms with E-state index in [4.69, 9.17) is 4.74 Å². The minimum absolute atomic E-state index is 0.0284. The lowest BCUT2D eigenvalue weighted by atomic mass is 9.91. The molecule has 8 nitrogen and oxygen atoms in total. The summed E-state index contributed by atoms with van der Waals surface area (Å²) in [6, 6.07) is 16.2. The molecule has 182 valence electrons. The van der Waals surface area contributed by atoms with Gasteiger partial charge in [0.15, 0.2) is 0 Å². The molecule has 0 spiro atoms. The Morgan fingerprint density at radius 3 is 2.06 bits per heavy atom. The van der Waals surface area contributed by atoms with Gasteiger partial charge in [-0.25, -0.2) is 4.79 Å². The van der Waals surface area contributed by atoms with Crippen molar-refractivity contribution in [2.75, 3.05) is 46.9 Å². The number of nitrogens with zero attached hydrogens (tertiary/aromatic N) is 2. The van der Waals surface area contributed by atoms with E-state index in [2.05, 4.69) is 17.4 Å². The lowest BCUT2D eigenvalue weighted by Gasteiger charge is -2.31. The van der Waals surface area contributed by atoms with Gasteiger partial charge in [0.05, 0.1) is 5.41 Å². The van der Waals surface area contributed by atoms with E-state index in [1.807, 2.05) is 55.4 Å². The first-order valence-electron chi connectivity index (χ1n) is 11.3. The predicted octanol–water partition coefficient (Wildman–Crippen LogP) is 3.03. The minimum Gasteiger partial charge on any atom is -0.480 e. The zero-order chi connectivity index (χ0) is 24.9. The molecule has 0 unspecified atom stereocenters. The molecule has 0 aliphatic heterocycles. The minimum atomic E-state index is -1.08. The fourth-order valence-electron chi connectivity index (χ4n) is 4.18. The van der Waals surface area contributed by atoms with Crippen molar-refractivity contribution in [1.29, 1.82) is 0 Å². The van der Waals surface area contributed by atoms with Crippen molar-refractivity contribution in [2.24, 2.45) is 5.41 Å². The summed E-state index contributed by atoms with van der Waals surface area (Å²) in [6.07, 6.45) is -0.610. The summed E-state index contributed by atoms with van der Waals surface area (Å²) in [5, 5.41) is 11.9. The molecule has 2 N–H and O–H groups in total. The highest BCUT2D eigenvalue weighted by Crippen LogP contribution is 2.44. The number of nitrogens with one attached hydrogen (secondary N) is 1. The summed E-state index contributed by atoms with van der Waals surface area (Å²) in [7, 11) is 3.71. The van der Waals surface area contributed by atoms with Crippen molar-refractivity contribution in [2.45, 2.75) is 19.8 Å². The molecule has 8 heteroatoms. The number of carbonyl (C=O) groups is 3. The first-order chi connectivity index (χ1) is 16.1. The van der Waals surface area contributed by atoms with Crippen molar-refractivity contribution in [1.82, 2.24) is 15.1 Å². The largest absolute Gasteiger partial charge is 0.480 e. The zero-order valence-electron chi connectivity index (χ0n) is 20.2. The number of carboxylic acid groups (broad SMARTS) is 1. The number of aliphatic carboxylic acids is 1. The van der Waals surface area contributed by atoms with Gasteiger partial charge in [-0.15, -0.1) is 0 Å². The Hall–Kier alpha value is -3.39. The van der Waals surface area contributed by atoms with Gasteiger partial charge in [-0.1, -0.05) is 48.5 Å². The highest BCUT2D eigenvalue weighted by Gasteiger charge is 2.34. The maximum Gasteiger partial charge on any atom is 0.407 e. The van der Waals surface area contributed by atoms with E-state index in [-0.39, 0.29) is 38.1 Å². The topological polar surface area (TPSA) is 99.2 Å². The van der Waals surface area contributed by atoms with Gasteiger partial charge < -0.3 is 25.0 Å². The molecular formula is C26H33N3O5. The van der Waals surface area contributed by atoms with E-state index in [1.54, 1.807) is 13.8 Å². The Kier molecular flexibility index (Phi) is 7.94. The van der Waals surface area contributed by atoms with Gasteiger partial charge in [0.1, 0.15) is 13.2 Å². The molecule has 2 aromatic carbocycles. The normalized spacial score (nSPS) is 12.7. The maximum atomic E-state index is 13.0. The van der Waals surface area contributed by atoms with E-state index < -0.39 is 17.5 Å². The first kappa shape index (κ1) is 25.2. The van der Waals surface area contributed by atoms with Gasteiger partial charge in [0.2, 0.25) is 5.91 Å². The third-order valence-corrected chi connectivity index (χ3v) is 6.03. The molecule has 0 heterocycles. The van der Waals surface area contributed by atoms with Gasteiger partial charge in [0, 0.05) is 25.6 Å². The maximum absolute atomic E-state index is 13.0. The predicted molar refractivity (Wildman–Crippen MR) is 130 cm³/mol. The second-order valence-corrected chi connectivity index (χ2v) is 9.49. The number of hydrogen-bond donors (Lipinski definition) is 2. The van der Waals surface area contributed by atoms with Crippen LogP contribution in [0.15, 0.2) is 48.5 Å². The Balaban J connectivity index is 1.59. The van der Waals surface area contributed by atoms with E-state index in [1.165, 1.54) is 4.90 Å². The van der Waals surface area contributed by atoms with Crippen LogP contribution in [0.4, 0.5) is 4.79 Å². The van der Waals surface area contributed by atoms with Crippen LogP contribution in [0, 0.1) is 5.41 Å². The zero-order valence-corrected chi connectivity index (χ0v) is 20.2. The summed E-state index contributed by atoms with van der Waals surface area (Å²) in [4.78, 5) is 39.9. The number of likely N-dealkylation sites (N-methyl/N-ethyl adjacent to an activating group) is 1. The van der Waals surface area contributed by atoms with Crippen molar-refractivity contribution in [3.8, 4) is 11.1 Å². The number of carboxylic acids is 1.